The van der Waals surface area contributed by atoms with Crippen molar-refractivity contribution in [2.75, 3.05) is 6.26 Å². The quantitative estimate of drug-likeness (QED) is 0.574. The maximum atomic E-state index is 11.2. The zero-order chi connectivity index (χ0) is 13.9. The van der Waals surface area contributed by atoms with Crippen LogP contribution in [-0.2, 0) is 10.0 Å². The van der Waals surface area contributed by atoms with Crippen molar-refractivity contribution < 1.29 is 8.42 Å². The molecule has 2 atom stereocenters. The van der Waals surface area contributed by atoms with Crippen LogP contribution in [0.25, 0.3) is 0 Å². The van der Waals surface area contributed by atoms with Crippen LogP contribution in [-0.4, -0.2) is 20.9 Å². The maximum Gasteiger partial charge on any atom is 0.250 e. The standard InChI is InChI=1S/C15H23NO2S/c1-12-7-6-8-13(11-16-19(2,17)18)15-10-5-3-4-9-14(12)15/h6-7,11-12,14H,3-5,8-10H2,1-2H3/b16-11+/t12-,14+/m0/s1. The number of fused-ring (bicyclic) bond motifs is 1. The predicted molar refractivity (Wildman–Crippen MR) is 79.9 cm³/mol. The van der Waals surface area contributed by atoms with Gasteiger partial charge < -0.3 is 0 Å². The number of sulfonamides is 1. The lowest BCUT2D eigenvalue weighted by Crippen LogP contribution is -2.12. The van der Waals surface area contributed by atoms with E-state index in [1.54, 1.807) is 6.21 Å². The fourth-order valence-electron chi connectivity index (χ4n) is 3.16. The zero-order valence-electron chi connectivity index (χ0n) is 11.8. The molecule has 0 saturated heterocycles. The van der Waals surface area contributed by atoms with Crippen LogP contribution in [0.1, 0.15) is 45.4 Å². The topological polar surface area (TPSA) is 46.5 Å². The molecule has 0 aliphatic heterocycles. The highest BCUT2D eigenvalue weighted by Crippen LogP contribution is 2.38. The molecule has 0 radical (unpaired) electrons. The van der Waals surface area contributed by atoms with Crippen LogP contribution in [0.2, 0.25) is 0 Å². The van der Waals surface area contributed by atoms with Gasteiger partial charge in [-0.2, -0.15) is 4.40 Å². The Bertz CT molecular complexity index is 514. The van der Waals surface area contributed by atoms with Crippen LogP contribution in [0.4, 0.5) is 0 Å². The Kier molecular flexibility index (Phi) is 4.61. The summed E-state index contributed by atoms with van der Waals surface area (Å²) >= 11 is 0. The number of hydrogen-bond acceptors (Lipinski definition) is 2. The van der Waals surface area contributed by atoms with Gasteiger partial charge in [0.15, 0.2) is 0 Å². The van der Waals surface area contributed by atoms with E-state index in [1.807, 2.05) is 0 Å². The van der Waals surface area contributed by atoms with Crippen molar-refractivity contribution in [2.45, 2.75) is 45.4 Å². The molecule has 1 saturated carbocycles. The Morgan fingerprint density at radius 2 is 2.11 bits per heavy atom. The Morgan fingerprint density at radius 1 is 1.32 bits per heavy atom. The summed E-state index contributed by atoms with van der Waals surface area (Å²) in [5.41, 5.74) is 2.57. The molecule has 4 heteroatoms. The van der Waals surface area contributed by atoms with E-state index in [9.17, 15) is 8.42 Å². The van der Waals surface area contributed by atoms with Crippen molar-refractivity contribution in [1.82, 2.24) is 0 Å². The van der Waals surface area contributed by atoms with E-state index in [0.717, 1.165) is 24.7 Å². The minimum Gasteiger partial charge on any atom is -0.205 e. The number of rotatable bonds is 2. The predicted octanol–water partition coefficient (Wildman–Crippen LogP) is 3.49. The van der Waals surface area contributed by atoms with Gasteiger partial charge in [-0.3, -0.25) is 0 Å². The first kappa shape index (κ1) is 14.5. The van der Waals surface area contributed by atoms with Gasteiger partial charge in [0.1, 0.15) is 0 Å². The zero-order valence-corrected chi connectivity index (χ0v) is 12.6. The van der Waals surface area contributed by atoms with Crippen LogP contribution >= 0.6 is 0 Å². The first-order valence-corrected chi connectivity index (χ1v) is 8.96. The van der Waals surface area contributed by atoms with E-state index in [2.05, 4.69) is 23.5 Å². The van der Waals surface area contributed by atoms with E-state index < -0.39 is 10.0 Å². The van der Waals surface area contributed by atoms with Crippen LogP contribution in [0, 0.1) is 11.8 Å². The van der Waals surface area contributed by atoms with Gasteiger partial charge in [-0.1, -0.05) is 37.5 Å². The summed E-state index contributed by atoms with van der Waals surface area (Å²) in [7, 11) is -3.28. The molecule has 2 aliphatic rings. The molecule has 3 nitrogen and oxygen atoms in total. The fourth-order valence-corrected chi connectivity index (χ4v) is 3.48. The van der Waals surface area contributed by atoms with E-state index in [0.29, 0.717) is 11.8 Å². The van der Waals surface area contributed by atoms with Crippen molar-refractivity contribution in [2.24, 2.45) is 16.2 Å². The maximum absolute atomic E-state index is 11.2. The lowest BCUT2D eigenvalue weighted by Gasteiger charge is -2.23. The van der Waals surface area contributed by atoms with Gasteiger partial charge in [-0.05, 0) is 43.1 Å². The highest BCUT2D eigenvalue weighted by molar-refractivity contribution is 7.89. The molecule has 2 aliphatic carbocycles. The van der Waals surface area contributed by atoms with E-state index in [1.165, 1.54) is 31.3 Å². The number of hydrogen-bond donors (Lipinski definition) is 0. The second kappa shape index (κ2) is 6.04. The molecule has 1 fully saturated rings. The third-order valence-electron chi connectivity index (χ3n) is 4.13. The van der Waals surface area contributed by atoms with Gasteiger partial charge in [0.05, 0.1) is 6.26 Å². The molecule has 0 aromatic heterocycles. The lowest BCUT2D eigenvalue weighted by atomic mass is 9.82. The molecule has 0 amide bonds. The molecule has 106 valence electrons. The highest BCUT2D eigenvalue weighted by Gasteiger charge is 2.25. The van der Waals surface area contributed by atoms with Crippen LogP contribution in [0.5, 0.6) is 0 Å². The molecule has 0 unspecified atom stereocenters. The average Bonchev–Trinajstić information content (AvgIpc) is 2.63. The first-order chi connectivity index (χ1) is 8.97. The van der Waals surface area contributed by atoms with Crippen molar-refractivity contribution in [3.63, 3.8) is 0 Å². The molecule has 0 spiro atoms. The summed E-state index contributed by atoms with van der Waals surface area (Å²) in [6.07, 6.45) is 14.1. The van der Waals surface area contributed by atoms with Gasteiger partial charge in [-0.25, -0.2) is 8.42 Å². The highest BCUT2D eigenvalue weighted by atomic mass is 32.2. The van der Waals surface area contributed by atoms with E-state index >= 15 is 0 Å². The van der Waals surface area contributed by atoms with E-state index in [4.69, 9.17) is 0 Å². The third-order valence-corrected chi connectivity index (χ3v) is 4.62. The largest absolute Gasteiger partial charge is 0.250 e. The average molecular weight is 281 g/mol. The molecule has 19 heavy (non-hydrogen) atoms. The second-order valence-corrected chi connectivity index (χ2v) is 7.39. The van der Waals surface area contributed by atoms with Gasteiger partial charge in [0.25, 0.3) is 0 Å². The number of nitrogens with zero attached hydrogens (tertiary/aromatic N) is 1. The Labute approximate surface area is 116 Å². The van der Waals surface area contributed by atoms with Crippen LogP contribution < -0.4 is 0 Å². The monoisotopic (exact) mass is 281 g/mol. The molecule has 0 bridgehead atoms. The fraction of sp³-hybridized carbons (Fsp3) is 0.667. The van der Waals surface area contributed by atoms with Crippen molar-refractivity contribution in [3.05, 3.63) is 23.3 Å². The minimum atomic E-state index is -3.28. The van der Waals surface area contributed by atoms with Crippen molar-refractivity contribution >= 4 is 16.2 Å². The van der Waals surface area contributed by atoms with Crippen molar-refractivity contribution in [1.29, 1.82) is 0 Å². The molecular formula is C15H23NO2S. The molecule has 0 aromatic carbocycles. The molecule has 2 rings (SSSR count). The Balaban J connectivity index is 2.37. The second-order valence-electron chi connectivity index (χ2n) is 5.72. The number of allylic oxidation sites excluding steroid dienone is 4. The summed E-state index contributed by atoms with van der Waals surface area (Å²) in [5, 5.41) is 0. The van der Waals surface area contributed by atoms with Crippen LogP contribution in [0.3, 0.4) is 0 Å². The Morgan fingerprint density at radius 3 is 2.84 bits per heavy atom. The summed E-state index contributed by atoms with van der Waals surface area (Å²) in [5.74, 6) is 1.12. The molecular weight excluding hydrogens is 258 g/mol. The van der Waals surface area contributed by atoms with Crippen molar-refractivity contribution in [3.8, 4) is 0 Å². The van der Waals surface area contributed by atoms with Gasteiger partial charge >= 0.3 is 0 Å². The smallest absolute Gasteiger partial charge is 0.205 e. The summed E-state index contributed by atoms with van der Waals surface area (Å²) < 4.78 is 26.2. The van der Waals surface area contributed by atoms with Gasteiger partial charge in [0.2, 0.25) is 10.0 Å². The molecule has 0 heterocycles. The van der Waals surface area contributed by atoms with Crippen LogP contribution in [0.15, 0.2) is 27.7 Å². The van der Waals surface area contributed by atoms with Gasteiger partial charge in [0, 0.05) is 6.21 Å². The molecule has 0 aromatic rings. The minimum absolute atomic E-state index is 0.553. The third kappa shape index (κ3) is 4.03. The Hall–Kier alpha value is -0.900. The molecule has 0 N–H and O–H groups in total. The van der Waals surface area contributed by atoms with Gasteiger partial charge in [-0.15, -0.1) is 0 Å². The lowest BCUT2D eigenvalue weighted by molar-refractivity contribution is 0.448. The SMILES string of the molecule is C[C@H]1C=CCC(/C=N/S(C)(=O)=O)=C2CCCCC[C@@H]21. The first-order valence-electron chi connectivity index (χ1n) is 7.11. The normalized spacial score (nSPS) is 29.2. The van der Waals surface area contributed by atoms with E-state index in [-0.39, 0.29) is 0 Å². The summed E-state index contributed by atoms with van der Waals surface area (Å²) in [6.45, 7) is 2.27. The summed E-state index contributed by atoms with van der Waals surface area (Å²) in [4.78, 5) is 0. The summed E-state index contributed by atoms with van der Waals surface area (Å²) in [6, 6.07) is 0.